The highest BCUT2D eigenvalue weighted by Crippen LogP contribution is 2.37. The Kier molecular flexibility index (Phi) is 4.00. The van der Waals surface area contributed by atoms with Crippen LogP contribution in [0, 0.1) is 3.57 Å². The predicted molar refractivity (Wildman–Crippen MR) is 77.3 cm³/mol. The van der Waals surface area contributed by atoms with Gasteiger partial charge in [-0.05, 0) is 40.8 Å². The number of rotatable bonds is 1. The Hall–Kier alpha value is -0.900. The van der Waals surface area contributed by atoms with Crippen LogP contribution >= 0.6 is 38.5 Å². The van der Waals surface area contributed by atoms with E-state index < -0.39 is 11.7 Å². The third-order valence-electron chi connectivity index (χ3n) is 2.30. The highest BCUT2D eigenvalue weighted by atomic mass is 127. The SMILES string of the molecule is Nc1nc(-c2ccc(Br)cc2C(F)(F)F)ncc1I. The summed E-state index contributed by atoms with van der Waals surface area (Å²) in [6.45, 7) is 0. The molecule has 1 aromatic carbocycles. The highest BCUT2D eigenvalue weighted by molar-refractivity contribution is 14.1. The Morgan fingerprint density at radius 1 is 1.26 bits per heavy atom. The zero-order chi connectivity index (χ0) is 14.2. The maximum atomic E-state index is 13.0. The molecule has 2 N–H and O–H groups in total. The summed E-state index contributed by atoms with van der Waals surface area (Å²) in [6.07, 6.45) is -3.10. The van der Waals surface area contributed by atoms with E-state index in [0.29, 0.717) is 8.04 Å². The van der Waals surface area contributed by atoms with Crippen molar-refractivity contribution in [3.63, 3.8) is 0 Å². The summed E-state index contributed by atoms with van der Waals surface area (Å²) in [5, 5.41) is 0. The summed E-state index contributed by atoms with van der Waals surface area (Å²) in [4.78, 5) is 7.79. The molecule has 0 saturated heterocycles. The molecular formula is C11H6BrF3IN3. The van der Waals surface area contributed by atoms with Gasteiger partial charge in [-0.25, -0.2) is 9.97 Å². The minimum absolute atomic E-state index is 0.0438. The van der Waals surface area contributed by atoms with Gasteiger partial charge in [0.2, 0.25) is 0 Å². The Bertz CT molecular complexity index is 631. The van der Waals surface area contributed by atoms with Crippen LogP contribution < -0.4 is 5.73 Å². The summed E-state index contributed by atoms with van der Waals surface area (Å²) < 4.78 is 39.9. The first-order valence-electron chi connectivity index (χ1n) is 4.94. The van der Waals surface area contributed by atoms with E-state index in [1.807, 2.05) is 22.6 Å². The molecule has 1 heterocycles. The van der Waals surface area contributed by atoms with E-state index in [-0.39, 0.29) is 17.2 Å². The average Bonchev–Trinajstić information content (AvgIpc) is 2.32. The van der Waals surface area contributed by atoms with E-state index >= 15 is 0 Å². The lowest BCUT2D eigenvalue weighted by Gasteiger charge is -2.12. The maximum Gasteiger partial charge on any atom is 0.417 e. The van der Waals surface area contributed by atoms with Gasteiger partial charge in [0, 0.05) is 16.2 Å². The van der Waals surface area contributed by atoms with Crippen molar-refractivity contribution in [1.29, 1.82) is 0 Å². The molecule has 1 aromatic heterocycles. The smallest absolute Gasteiger partial charge is 0.383 e. The number of nitrogens with zero attached hydrogens (tertiary/aromatic N) is 2. The topological polar surface area (TPSA) is 51.8 Å². The number of hydrogen-bond donors (Lipinski definition) is 1. The van der Waals surface area contributed by atoms with Crippen molar-refractivity contribution in [1.82, 2.24) is 9.97 Å². The van der Waals surface area contributed by atoms with Crippen LogP contribution in [0.5, 0.6) is 0 Å². The van der Waals surface area contributed by atoms with E-state index in [2.05, 4.69) is 25.9 Å². The van der Waals surface area contributed by atoms with Gasteiger partial charge < -0.3 is 5.73 Å². The molecule has 19 heavy (non-hydrogen) atoms. The maximum absolute atomic E-state index is 13.0. The minimum atomic E-state index is -4.49. The van der Waals surface area contributed by atoms with Gasteiger partial charge in [-0.15, -0.1) is 0 Å². The first kappa shape index (κ1) is 14.5. The molecule has 0 unspecified atom stereocenters. The molecule has 0 aliphatic carbocycles. The third-order valence-corrected chi connectivity index (χ3v) is 3.62. The Morgan fingerprint density at radius 2 is 1.95 bits per heavy atom. The molecule has 2 aromatic rings. The van der Waals surface area contributed by atoms with Gasteiger partial charge >= 0.3 is 6.18 Å². The van der Waals surface area contributed by atoms with Gasteiger partial charge in [0.1, 0.15) is 5.82 Å². The molecular weight excluding hydrogens is 438 g/mol. The van der Waals surface area contributed by atoms with Gasteiger partial charge in [-0.2, -0.15) is 13.2 Å². The molecule has 0 spiro atoms. The van der Waals surface area contributed by atoms with Gasteiger partial charge in [0.15, 0.2) is 5.82 Å². The van der Waals surface area contributed by atoms with Crippen LogP contribution in [0.4, 0.5) is 19.0 Å². The quantitative estimate of drug-likeness (QED) is 0.675. The summed E-state index contributed by atoms with van der Waals surface area (Å²) in [6, 6.07) is 3.81. The monoisotopic (exact) mass is 443 g/mol. The molecule has 0 radical (unpaired) electrons. The zero-order valence-corrected chi connectivity index (χ0v) is 12.9. The number of halogens is 5. The molecule has 100 valence electrons. The lowest BCUT2D eigenvalue weighted by atomic mass is 10.1. The lowest BCUT2D eigenvalue weighted by molar-refractivity contribution is -0.137. The second kappa shape index (κ2) is 5.23. The van der Waals surface area contributed by atoms with E-state index in [1.54, 1.807) is 0 Å². The molecule has 3 nitrogen and oxygen atoms in total. The van der Waals surface area contributed by atoms with Crippen molar-refractivity contribution >= 4 is 44.3 Å². The molecule has 2 rings (SSSR count). The number of nitrogens with two attached hydrogens (primary N) is 1. The van der Waals surface area contributed by atoms with Crippen LogP contribution in [0.2, 0.25) is 0 Å². The van der Waals surface area contributed by atoms with Crippen molar-refractivity contribution in [3.8, 4) is 11.4 Å². The molecule has 0 fully saturated rings. The van der Waals surface area contributed by atoms with Crippen LogP contribution in [0.3, 0.4) is 0 Å². The largest absolute Gasteiger partial charge is 0.417 e. The first-order chi connectivity index (χ1) is 8.79. The fourth-order valence-electron chi connectivity index (χ4n) is 1.46. The fourth-order valence-corrected chi connectivity index (χ4v) is 2.08. The summed E-state index contributed by atoms with van der Waals surface area (Å²) in [5.74, 6) is 0.111. The number of anilines is 1. The lowest BCUT2D eigenvalue weighted by Crippen LogP contribution is -2.09. The average molecular weight is 444 g/mol. The number of nitrogen functional groups attached to an aromatic ring is 1. The standard InChI is InChI=1S/C11H6BrF3IN3/c12-5-1-2-6(7(3-5)11(13,14)15)10-18-4-8(16)9(17)19-10/h1-4H,(H2,17,18,19). The Labute approximate surface area is 128 Å². The molecule has 8 heteroatoms. The molecule has 0 bridgehead atoms. The van der Waals surface area contributed by atoms with Crippen LogP contribution in [0.25, 0.3) is 11.4 Å². The second-order valence-corrected chi connectivity index (χ2v) is 5.69. The van der Waals surface area contributed by atoms with E-state index in [1.165, 1.54) is 18.3 Å². The number of hydrogen-bond acceptors (Lipinski definition) is 3. The molecule has 0 saturated carbocycles. The van der Waals surface area contributed by atoms with Crippen LogP contribution in [-0.2, 0) is 6.18 Å². The number of alkyl halides is 3. The minimum Gasteiger partial charge on any atom is -0.383 e. The van der Waals surface area contributed by atoms with Crippen LogP contribution in [0.1, 0.15) is 5.56 Å². The zero-order valence-electron chi connectivity index (χ0n) is 9.17. The van der Waals surface area contributed by atoms with Gasteiger partial charge in [0.05, 0.1) is 9.13 Å². The Morgan fingerprint density at radius 3 is 2.53 bits per heavy atom. The summed E-state index contributed by atoms with van der Waals surface area (Å²) in [5.41, 5.74) is 4.70. The number of benzene rings is 1. The third kappa shape index (κ3) is 3.16. The fraction of sp³-hybridized carbons (Fsp3) is 0.0909. The Balaban J connectivity index is 2.65. The molecule has 0 aliphatic heterocycles. The van der Waals surface area contributed by atoms with Crippen LogP contribution in [0.15, 0.2) is 28.9 Å². The molecule has 0 amide bonds. The van der Waals surface area contributed by atoms with Crippen molar-refractivity contribution in [3.05, 3.63) is 38.0 Å². The van der Waals surface area contributed by atoms with Crippen molar-refractivity contribution < 1.29 is 13.2 Å². The van der Waals surface area contributed by atoms with Gasteiger partial charge in [0.25, 0.3) is 0 Å². The molecule has 0 aliphatic rings. The van der Waals surface area contributed by atoms with Crippen LogP contribution in [-0.4, -0.2) is 9.97 Å². The second-order valence-electron chi connectivity index (χ2n) is 3.61. The highest BCUT2D eigenvalue weighted by Gasteiger charge is 2.34. The summed E-state index contributed by atoms with van der Waals surface area (Å²) >= 11 is 4.93. The van der Waals surface area contributed by atoms with Crippen molar-refractivity contribution in [2.75, 3.05) is 5.73 Å². The molecule has 0 atom stereocenters. The van der Waals surface area contributed by atoms with Crippen molar-refractivity contribution in [2.24, 2.45) is 0 Å². The summed E-state index contributed by atoms with van der Waals surface area (Å²) in [7, 11) is 0. The van der Waals surface area contributed by atoms with E-state index in [0.717, 1.165) is 6.07 Å². The normalized spacial score (nSPS) is 11.6. The van der Waals surface area contributed by atoms with Crippen molar-refractivity contribution in [2.45, 2.75) is 6.18 Å². The van der Waals surface area contributed by atoms with E-state index in [9.17, 15) is 13.2 Å². The van der Waals surface area contributed by atoms with Gasteiger partial charge in [-0.3, -0.25) is 0 Å². The van der Waals surface area contributed by atoms with E-state index in [4.69, 9.17) is 5.73 Å². The van der Waals surface area contributed by atoms with Gasteiger partial charge in [-0.1, -0.05) is 15.9 Å². The number of aromatic nitrogens is 2. The predicted octanol–water partition coefficient (Wildman–Crippen LogP) is 4.11. The first-order valence-corrected chi connectivity index (χ1v) is 6.81.